The van der Waals surface area contributed by atoms with E-state index in [-0.39, 0.29) is 53.2 Å². The summed E-state index contributed by atoms with van der Waals surface area (Å²) in [5.74, 6) is 2.34. The maximum atomic E-state index is 7.10. The Morgan fingerprint density at radius 3 is 0.720 bits per heavy atom. The number of hydrogen-bond acceptors (Lipinski definition) is 4. The van der Waals surface area contributed by atoms with Gasteiger partial charge in [-0.25, -0.2) is 0 Å². The maximum Gasteiger partial charge on any atom is 1.00 e. The minimum atomic E-state index is -3.19. The van der Waals surface area contributed by atoms with Crippen LogP contribution in [0.1, 0.15) is 124 Å². The molecule has 0 atom stereocenters. The summed E-state index contributed by atoms with van der Waals surface area (Å²) >= 11 is 26.7. The van der Waals surface area contributed by atoms with Crippen molar-refractivity contribution in [3.8, 4) is 23.0 Å². The van der Waals surface area contributed by atoms with Crippen LogP contribution in [0.15, 0.2) is 48.5 Å². The van der Waals surface area contributed by atoms with Crippen LogP contribution < -0.4 is 48.2 Å². The van der Waals surface area contributed by atoms with E-state index in [9.17, 15) is 0 Å². The van der Waals surface area contributed by atoms with E-state index >= 15 is 0 Å². The van der Waals surface area contributed by atoms with Crippen LogP contribution in [0.2, 0.25) is 20.1 Å². The second-order valence-corrected chi connectivity index (χ2v) is 15.9. The van der Waals surface area contributed by atoms with Gasteiger partial charge in [0.05, 0.1) is 23.0 Å². The van der Waals surface area contributed by atoms with Crippen LogP contribution >= 0.6 is 46.4 Å². The quantitative estimate of drug-likeness (QED) is 0.135. The zero-order valence-corrected chi connectivity index (χ0v) is 36.7. The Bertz CT molecular complexity index is 1570. The molecule has 0 saturated heterocycles. The summed E-state index contributed by atoms with van der Waals surface area (Å²) in [6.45, 7) is 21.3. The third-order valence-corrected chi connectivity index (χ3v) is 10.4. The zero-order chi connectivity index (χ0) is 36.5. The molecule has 0 amide bonds. The van der Waals surface area contributed by atoms with Gasteiger partial charge in [0, 0.05) is 20.1 Å². The molecule has 0 aliphatic rings. The molecule has 50 heavy (non-hydrogen) atoms. The fraction of sp³-hybridized carbons (Fsp3) is 0.400. The fourth-order valence-corrected chi connectivity index (χ4v) is 6.35. The van der Waals surface area contributed by atoms with Crippen molar-refractivity contribution >= 4 is 53.4 Å². The van der Waals surface area contributed by atoms with Crippen LogP contribution in [0.3, 0.4) is 0 Å². The second-order valence-electron chi connectivity index (χ2n) is 14.2. The van der Waals surface area contributed by atoms with E-state index in [1.54, 1.807) is 0 Å². The minimum Gasteiger partial charge on any atom is -0.611 e. The van der Waals surface area contributed by atoms with Gasteiger partial charge in [-0.2, -0.15) is 0 Å². The molecule has 4 aromatic carbocycles. The molecule has 0 aromatic heterocycles. The molecule has 0 aliphatic carbocycles. The third-order valence-electron chi connectivity index (χ3n) is 8.74. The van der Waals surface area contributed by atoms with Gasteiger partial charge >= 0.3 is 36.5 Å². The van der Waals surface area contributed by atoms with Gasteiger partial charge in [-0.15, -0.1) is 0 Å². The second kappa shape index (κ2) is 17.4. The van der Waals surface area contributed by atoms with Crippen molar-refractivity contribution in [2.45, 2.75) is 107 Å². The van der Waals surface area contributed by atoms with Gasteiger partial charge in [-0.05, 0) is 144 Å². The van der Waals surface area contributed by atoms with Gasteiger partial charge in [-0.1, -0.05) is 102 Å². The zero-order valence-electron chi connectivity index (χ0n) is 31.7. The molecule has 10 heteroatoms. The van der Waals surface area contributed by atoms with Gasteiger partial charge in [0.2, 0.25) is 0 Å². The molecule has 0 aliphatic heterocycles. The molecule has 0 bridgehead atoms. The molecule has 0 N–H and O–H groups in total. The smallest absolute Gasteiger partial charge is 0.611 e. The Kier molecular flexibility index (Phi) is 14.9. The molecular formula is C40H48BCl4NaO4. The molecule has 0 fully saturated rings. The first-order valence-electron chi connectivity index (χ1n) is 16.9. The predicted molar refractivity (Wildman–Crippen MR) is 209 cm³/mol. The Hall–Kier alpha value is -1.70. The Morgan fingerprint density at radius 2 is 0.560 bits per heavy atom. The maximum absolute atomic E-state index is 7.10. The predicted octanol–water partition coefficient (Wildman–Crippen LogP) is 11.1. The average Bonchev–Trinajstić information content (AvgIpc) is 2.99. The van der Waals surface area contributed by atoms with Gasteiger partial charge < -0.3 is 18.6 Å². The van der Waals surface area contributed by atoms with Gasteiger partial charge in [0.25, 0.3) is 0 Å². The van der Waals surface area contributed by atoms with Crippen molar-refractivity contribution in [2.24, 2.45) is 0 Å². The molecule has 0 unspecified atom stereocenters. The van der Waals surface area contributed by atoms with Crippen LogP contribution in [-0.2, 0) is 0 Å². The number of rotatable bonds is 12. The molecule has 0 heterocycles. The van der Waals surface area contributed by atoms with Crippen LogP contribution in [0.4, 0.5) is 0 Å². The van der Waals surface area contributed by atoms with E-state index in [1.807, 2.05) is 76.2 Å². The molecular weight excluding hydrogens is 720 g/mol. The fourth-order valence-electron chi connectivity index (χ4n) is 5.66. The SMILES string of the molecule is Cc1cc(O[B-](Oc2cc(C)c(Cl)cc2C(C)C)(Oc2cc(C)c(Cl)cc2C(C)C)Oc2cc(C)c(Cl)cc2C(C)C)c(C(C)C)cc1Cl.[Na+]. The average molecular weight is 768 g/mol. The van der Waals surface area contributed by atoms with Crippen molar-refractivity contribution in [2.75, 3.05) is 0 Å². The van der Waals surface area contributed by atoms with E-state index in [1.165, 1.54) is 0 Å². The van der Waals surface area contributed by atoms with E-state index < -0.39 is 6.96 Å². The minimum absolute atomic E-state index is 0. The Balaban J connectivity index is 0.00000676. The Morgan fingerprint density at radius 1 is 0.380 bits per heavy atom. The molecule has 264 valence electrons. The summed E-state index contributed by atoms with van der Waals surface area (Å²) in [4.78, 5) is 0. The first-order chi connectivity index (χ1) is 22.8. The van der Waals surface area contributed by atoms with E-state index in [0.717, 1.165) is 44.5 Å². The van der Waals surface area contributed by atoms with Crippen LogP contribution in [-0.4, -0.2) is 6.96 Å². The molecule has 0 spiro atoms. The van der Waals surface area contributed by atoms with Crippen LogP contribution in [0.5, 0.6) is 23.0 Å². The number of benzene rings is 4. The van der Waals surface area contributed by atoms with Crippen LogP contribution in [0, 0.1) is 27.7 Å². The normalized spacial score (nSPS) is 11.8. The summed E-state index contributed by atoms with van der Waals surface area (Å²) in [7, 11) is 0. The summed E-state index contributed by atoms with van der Waals surface area (Å²) < 4.78 is 28.4. The van der Waals surface area contributed by atoms with Gasteiger partial charge in [0.1, 0.15) is 0 Å². The molecule has 4 aromatic rings. The monoisotopic (exact) mass is 766 g/mol. The third kappa shape index (κ3) is 9.83. The summed E-state index contributed by atoms with van der Waals surface area (Å²) in [6, 6.07) is 15.4. The van der Waals surface area contributed by atoms with Gasteiger partial charge in [0.15, 0.2) is 0 Å². The van der Waals surface area contributed by atoms with E-state index in [2.05, 4.69) is 55.4 Å². The van der Waals surface area contributed by atoms with E-state index in [0.29, 0.717) is 43.1 Å². The summed E-state index contributed by atoms with van der Waals surface area (Å²) in [6.07, 6.45) is 0. The van der Waals surface area contributed by atoms with Gasteiger partial charge in [-0.3, -0.25) is 0 Å². The van der Waals surface area contributed by atoms with Crippen molar-refractivity contribution in [1.82, 2.24) is 0 Å². The first kappa shape index (κ1) is 42.7. The number of halogens is 4. The summed E-state index contributed by atoms with van der Waals surface area (Å²) in [5.41, 5.74) is 6.86. The molecule has 4 nitrogen and oxygen atoms in total. The molecule has 4 rings (SSSR count). The first-order valence-corrected chi connectivity index (χ1v) is 18.4. The van der Waals surface area contributed by atoms with Crippen LogP contribution in [0.25, 0.3) is 0 Å². The Labute approximate surface area is 341 Å². The number of hydrogen-bond donors (Lipinski definition) is 0. The van der Waals surface area contributed by atoms with E-state index in [4.69, 9.17) is 65.0 Å². The van der Waals surface area contributed by atoms with Crippen molar-refractivity contribution in [3.63, 3.8) is 0 Å². The van der Waals surface area contributed by atoms with Crippen molar-refractivity contribution in [1.29, 1.82) is 0 Å². The summed E-state index contributed by atoms with van der Waals surface area (Å²) in [5, 5.41) is 2.55. The van der Waals surface area contributed by atoms with Crippen molar-refractivity contribution in [3.05, 3.63) is 113 Å². The van der Waals surface area contributed by atoms with Crippen molar-refractivity contribution < 1.29 is 48.2 Å². The topological polar surface area (TPSA) is 36.9 Å². The standard InChI is InChI=1S/C40H48BCl4O4.Na/c1-21(2)29-17-33(42)25(9)13-37(29)46-41(47-38-14-26(10)34(43)18-30(38)22(3)4,48-39-15-27(11)35(44)19-31(39)23(5)6)49-40-16-28(12)36(45)20-32(40)24(7)8;/h13-24H,1-12H3;/q-1;+1. The molecule has 0 radical (unpaired) electrons. The molecule has 0 saturated carbocycles. The number of aryl methyl sites for hydroxylation is 4. The largest absolute Gasteiger partial charge is 1.00 e.